The van der Waals surface area contributed by atoms with Gasteiger partial charge in [-0.15, -0.1) is 0 Å². The lowest BCUT2D eigenvalue weighted by Gasteiger charge is -2.23. The van der Waals surface area contributed by atoms with Crippen molar-refractivity contribution < 1.29 is 9.21 Å². The van der Waals surface area contributed by atoms with Crippen LogP contribution in [0.25, 0.3) is 11.1 Å². The van der Waals surface area contributed by atoms with E-state index in [0.717, 1.165) is 37.1 Å². The van der Waals surface area contributed by atoms with Gasteiger partial charge in [0.1, 0.15) is 5.52 Å². The van der Waals surface area contributed by atoms with Crippen LogP contribution in [0.2, 0.25) is 0 Å². The molecule has 0 bridgehead atoms. The number of hydrogen-bond acceptors (Lipinski definition) is 4. The number of aryl methyl sites for hydroxylation is 1. The molecule has 5 heteroatoms. The van der Waals surface area contributed by atoms with Crippen LogP contribution in [0, 0.1) is 6.92 Å². The summed E-state index contributed by atoms with van der Waals surface area (Å²) in [7, 11) is 0. The van der Waals surface area contributed by atoms with E-state index >= 15 is 0 Å². The van der Waals surface area contributed by atoms with Gasteiger partial charge in [-0.2, -0.15) is 0 Å². The number of fused-ring (bicyclic) bond motifs is 1. The number of piperidine rings is 1. The summed E-state index contributed by atoms with van der Waals surface area (Å²) in [5.74, 6) is 0.169. The number of furan rings is 1. The molecule has 1 unspecified atom stereocenters. The number of hydrogen-bond donors (Lipinski definition) is 2. The second-order valence-corrected chi connectivity index (χ2v) is 4.96. The molecule has 0 saturated carbocycles. The second-order valence-electron chi connectivity index (χ2n) is 4.96. The van der Waals surface area contributed by atoms with E-state index in [0.29, 0.717) is 11.3 Å². The largest absolute Gasteiger partial charge is 0.449 e. The van der Waals surface area contributed by atoms with E-state index in [2.05, 4.69) is 15.6 Å². The van der Waals surface area contributed by atoms with Crippen LogP contribution in [0.1, 0.15) is 29.1 Å². The Bertz CT molecular complexity index is 600. The van der Waals surface area contributed by atoms with Crippen molar-refractivity contribution in [1.29, 1.82) is 0 Å². The van der Waals surface area contributed by atoms with E-state index in [4.69, 9.17) is 4.42 Å². The predicted molar refractivity (Wildman–Crippen MR) is 72.1 cm³/mol. The van der Waals surface area contributed by atoms with Crippen molar-refractivity contribution in [2.45, 2.75) is 25.8 Å². The van der Waals surface area contributed by atoms with Crippen molar-refractivity contribution in [2.75, 3.05) is 13.1 Å². The van der Waals surface area contributed by atoms with E-state index < -0.39 is 0 Å². The summed E-state index contributed by atoms with van der Waals surface area (Å²) in [5.41, 5.74) is 2.29. The third-order valence-corrected chi connectivity index (χ3v) is 3.37. The third kappa shape index (κ3) is 2.61. The van der Waals surface area contributed by atoms with Gasteiger partial charge in [-0.05, 0) is 38.4 Å². The highest BCUT2D eigenvalue weighted by molar-refractivity contribution is 5.95. The first-order valence-electron chi connectivity index (χ1n) is 6.61. The van der Waals surface area contributed by atoms with Crippen molar-refractivity contribution in [2.24, 2.45) is 0 Å². The number of carbonyl (C=O) groups excluding carboxylic acids is 1. The molecule has 3 heterocycles. The zero-order valence-electron chi connectivity index (χ0n) is 10.9. The smallest absolute Gasteiger partial charge is 0.287 e. The number of carbonyl (C=O) groups is 1. The zero-order chi connectivity index (χ0) is 13.2. The number of nitrogens with one attached hydrogen (secondary N) is 2. The highest BCUT2D eigenvalue weighted by Crippen LogP contribution is 2.18. The number of aromatic nitrogens is 1. The van der Waals surface area contributed by atoms with Crippen LogP contribution in [-0.4, -0.2) is 30.0 Å². The van der Waals surface area contributed by atoms with Crippen LogP contribution < -0.4 is 10.6 Å². The van der Waals surface area contributed by atoms with Gasteiger partial charge >= 0.3 is 0 Å². The Hall–Kier alpha value is -1.88. The van der Waals surface area contributed by atoms with E-state index in [1.165, 1.54) is 0 Å². The molecule has 2 N–H and O–H groups in total. The number of nitrogens with zero attached hydrogens (tertiary/aromatic N) is 1. The minimum Gasteiger partial charge on any atom is -0.449 e. The van der Waals surface area contributed by atoms with Gasteiger partial charge in [0.25, 0.3) is 5.91 Å². The highest BCUT2D eigenvalue weighted by Gasteiger charge is 2.19. The first-order valence-corrected chi connectivity index (χ1v) is 6.61. The number of rotatable bonds is 2. The molecule has 0 radical (unpaired) electrons. The maximum atomic E-state index is 12.1. The summed E-state index contributed by atoms with van der Waals surface area (Å²) in [6.45, 7) is 3.77. The molecule has 100 valence electrons. The fourth-order valence-electron chi connectivity index (χ4n) is 2.37. The summed E-state index contributed by atoms with van der Waals surface area (Å²) in [5, 5.41) is 6.26. The van der Waals surface area contributed by atoms with Gasteiger partial charge in [0, 0.05) is 24.3 Å². The van der Waals surface area contributed by atoms with Crippen molar-refractivity contribution >= 4 is 17.0 Å². The molecule has 1 aliphatic heterocycles. The van der Waals surface area contributed by atoms with Crippen LogP contribution in [0.4, 0.5) is 0 Å². The Labute approximate surface area is 111 Å². The average molecular weight is 259 g/mol. The number of pyridine rings is 1. The number of amides is 1. The van der Waals surface area contributed by atoms with Crippen LogP contribution in [0.5, 0.6) is 0 Å². The fourth-order valence-corrected chi connectivity index (χ4v) is 2.37. The van der Waals surface area contributed by atoms with Gasteiger partial charge < -0.3 is 15.1 Å². The lowest BCUT2D eigenvalue weighted by Crippen LogP contribution is -2.45. The maximum absolute atomic E-state index is 12.1. The van der Waals surface area contributed by atoms with Gasteiger partial charge in [0.05, 0.1) is 0 Å². The maximum Gasteiger partial charge on any atom is 0.287 e. The molecule has 2 aromatic heterocycles. The van der Waals surface area contributed by atoms with Crippen LogP contribution in [-0.2, 0) is 0 Å². The van der Waals surface area contributed by atoms with Crippen LogP contribution in [0.3, 0.4) is 0 Å². The predicted octanol–water partition coefficient (Wildman–Crippen LogP) is 1.62. The van der Waals surface area contributed by atoms with Crippen molar-refractivity contribution in [3.05, 3.63) is 29.7 Å². The second kappa shape index (κ2) is 5.01. The van der Waals surface area contributed by atoms with Crippen LogP contribution in [0.15, 0.2) is 22.6 Å². The fraction of sp³-hybridized carbons (Fsp3) is 0.429. The zero-order valence-corrected chi connectivity index (χ0v) is 10.9. The van der Waals surface area contributed by atoms with Crippen molar-refractivity contribution in [3.63, 3.8) is 0 Å². The molecule has 0 spiro atoms. The molecular formula is C14H17N3O2. The molecule has 0 aliphatic carbocycles. The Kier molecular flexibility index (Phi) is 3.21. The third-order valence-electron chi connectivity index (χ3n) is 3.37. The van der Waals surface area contributed by atoms with Gasteiger partial charge in [0.15, 0.2) is 11.3 Å². The molecule has 0 aromatic carbocycles. The van der Waals surface area contributed by atoms with E-state index in [-0.39, 0.29) is 11.9 Å². The average Bonchev–Trinajstić information content (AvgIpc) is 2.83. The molecule has 1 atom stereocenters. The quantitative estimate of drug-likeness (QED) is 0.860. The van der Waals surface area contributed by atoms with E-state index in [1.54, 1.807) is 6.07 Å². The molecule has 3 rings (SSSR count). The minimum absolute atomic E-state index is 0.163. The molecule has 1 saturated heterocycles. The van der Waals surface area contributed by atoms with Crippen molar-refractivity contribution in [3.8, 4) is 0 Å². The first-order chi connectivity index (χ1) is 9.22. The van der Waals surface area contributed by atoms with Gasteiger partial charge in [-0.1, -0.05) is 0 Å². The molecule has 5 nitrogen and oxygen atoms in total. The standard InChI is InChI=1S/C14H17N3O2/c1-9-4-5-12-11(16-9)7-13(19-12)14(18)17-10-3-2-6-15-8-10/h4-5,7,10,15H,2-3,6,8H2,1H3,(H,17,18). The Morgan fingerprint density at radius 2 is 2.42 bits per heavy atom. The van der Waals surface area contributed by atoms with E-state index in [1.807, 2.05) is 19.1 Å². The summed E-state index contributed by atoms with van der Waals surface area (Å²) in [4.78, 5) is 16.4. The summed E-state index contributed by atoms with van der Waals surface area (Å²) in [6, 6.07) is 5.60. The van der Waals surface area contributed by atoms with Gasteiger partial charge in [-0.3, -0.25) is 4.79 Å². The van der Waals surface area contributed by atoms with Gasteiger partial charge in [0.2, 0.25) is 0 Å². The summed E-state index contributed by atoms with van der Waals surface area (Å²) >= 11 is 0. The Morgan fingerprint density at radius 1 is 1.53 bits per heavy atom. The normalized spacial score (nSPS) is 19.5. The minimum atomic E-state index is -0.163. The highest BCUT2D eigenvalue weighted by atomic mass is 16.3. The SMILES string of the molecule is Cc1ccc2oc(C(=O)NC3CCCNC3)cc2n1. The Balaban J connectivity index is 1.77. The van der Waals surface area contributed by atoms with E-state index in [9.17, 15) is 4.79 Å². The lowest BCUT2D eigenvalue weighted by atomic mass is 10.1. The molecule has 19 heavy (non-hydrogen) atoms. The molecule has 1 fully saturated rings. The molecule has 1 amide bonds. The molecule has 1 aliphatic rings. The molecule has 2 aromatic rings. The van der Waals surface area contributed by atoms with Crippen molar-refractivity contribution in [1.82, 2.24) is 15.6 Å². The lowest BCUT2D eigenvalue weighted by molar-refractivity contribution is 0.0905. The Morgan fingerprint density at radius 3 is 3.21 bits per heavy atom. The summed E-state index contributed by atoms with van der Waals surface area (Å²) < 4.78 is 5.53. The topological polar surface area (TPSA) is 67.2 Å². The molecular weight excluding hydrogens is 242 g/mol. The van der Waals surface area contributed by atoms with Gasteiger partial charge in [-0.25, -0.2) is 4.98 Å². The summed E-state index contributed by atoms with van der Waals surface area (Å²) in [6.07, 6.45) is 2.10. The van der Waals surface area contributed by atoms with Crippen LogP contribution >= 0.6 is 0 Å². The first kappa shape index (κ1) is 12.2. The monoisotopic (exact) mass is 259 g/mol.